The molecule has 0 spiro atoms. The van der Waals surface area contributed by atoms with Gasteiger partial charge in [0.25, 0.3) is 0 Å². The fourth-order valence-corrected chi connectivity index (χ4v) is 2.80. The van der Waals surface area contributed by atoms with E-state index in [1.54, 1.807) is 0 Å². The maximum Gasteiger partial charge on any atom is 0.0558 e. The van der Waals surface area contributed by atoms with Crippen LogP contribution in [0, 0.1) is 5.92 Å². The molecule has 2 heteroatoms. The van der Waals surface area contributed by atoms with Gasteiger partial charge < -0.3 is 10.0 Å². The highest BCUT2D eigenvalue weighted by Crippen LogP contribution is 2.30. The Hall–Kier alpha value is -0.0800. The predicted molar refractivity (Wildman–Crippen MR) is 60.4 cm³/mol. The van der Waals surface area contributed by atoms with E-state index in [-0.39, 0.29) is 0 Å². The van der Waals surface area contributed by atoms with Crippen molar-refractivity contribution in [2.75, 3.05) is 20.2 Å². The van der Waals surface area contributed by atoms with Crippen LogP contribution in [0.4, 0.5) is 0 Å². The Kier molecular flexibility index (Phi) is 5.49. The van der Waals surface area contributed by atoms with Gasteiger partial charge in [-0.2, -0.15) is 0 Å². The Morgan fingerprint density at radius 3 is 2.64 bits per heavy atom. The van der Waals surface area contributed by atoms with Crippen molar-refractivity contribution in [3.8, 4) is 0 Å². The molecule has 0 aromatic rings. The Morgan fingerprint density at radius 2 is 2.00 bits per heavy atom. The molecular weight excluding hydrogens is 174 g/mol. The highest BCUT2D eigenvalue weighted by Gasteiger charge is 2.26. The molecule has 1 aliphatic rings. The third kappa shape index (κ3) is 3.25. The van der Waals surface area contributed by atoms with Crippen LogP contribution in [0.2, 0.25) is 0 Å². The lowest BCUT2D eigenvalue weighted by atomic mass is 9.81. The molecule has 0 aromatic heterocycles. The molecule has 0 bridgehead atoms. The van der Waals surface area contributed by atoms with Crippen LogP contribution in [-0.2, 0) is 0 Å². The fourth-order valence-electron chi connectivity index (χ4n) is 2.80. The Balaban J connectivity index is 2.44. The van der Waals surface area contributed by atoms with E-state index in [4.69, 9.17) is 5.11 Å². The molecule has 14 heavy (non-hydrogen) atoms. The summed E-state index contributed by atoms with van der Waals surface area (Å²) in [6, 6.07) is 0.732. The molecule has 0 saturated heterocycles. The average molecular weight is 199 g/mol. The first-order valence-corrected chi connectivity index (χ1v) is 6.10. The number of hydrogen-bond donors (Lipinski definition) is 1. The summed E-state index contributed by atoms with van der Waals surface area (Å²) < 4.78 is 0. The van der Waals surface area contributed by atoms with Crippen LogP contribution >= 0.6 is 0 Å². The van der Waals surface area contributed by atoms with Gasteiger partial charge in [-0.05, 0) is 32.2 Å². The van der Waals surface area contributed by atoms with E-state index < -0.39 is 0 Å². The smallest absolute Gasteiger partial charge is 0.0558 e. The number of hydrogen-bond acceptors (Lipinski definition) is 2. The van der Waals surface area contributed by atoms with Crippen molar-refractivity contribution in [3.05, 3.63) is 0 Å². The Labute approximate surface area is 88.3 Å². The van der Waals surface area contributed by atoms with Gasteiger partial charge in [0.2, 0.25) is 0 Å². The standard InChI is InChI=1S/C12H25NO/c1-3-6-11-7-4-5-8-12(11)13(2)9-10-14/h11-12,14H,3-10H2,1-2H3. The third-order valence-corrected chi connectivity index (χ3v) is 3.55. The zero-order chi connectivity index (χ0) is 10.4. The largest absolute Gasteiger partial charge is 0.395 e. The van der Waals surface area contributed by atoms with Crippen molar-refractivity contribution in [1.82, 2.24) is 4.90 Å². The quantitative estimate of drug-likeness (QED) is 0.734. The van der Waals surface area contributed by atoms with Crippen molar-refractivity contribution in [3.63, 3.8) is 0 Å². The van der Waals surface area contributed by atoms with Gasteiger partial charge in [0.05, 0.1) is 6.61 Å². The van der Waals surface area contributed by atoms with Gasteiger partial charge >= 0.3 is 0 Å². The first kappa shape index (κ1) is 12.0. The molecule has 1 saturated carbocycles. The molecule has 84 valence electrons. The molecule has 0 radical (unpaired) electrons. The molecule has 1 aliphatic carbocycles. The molecule has 2 unspecified atom stereocenters. The summed E-state index contributed by atoms with van der Waals surface area (Å²) >= 11 is 0. The number of aliphatic hydroxyl groups excluding tert-OH is 1. The number of nitrogens with zero attached hydrogens (tertiary/aromatic N) is 1. The maximum atomic E-state index is 8.94. The van der Waals surface area contributed by atoms with E-state index in [2.05, 4.69) is 18.9 Å². The Morgan fingerprint density at radius 1 is 1.29 bits per heavy atom. The van der Waals surface area contributed by atoms with E-state index in [9.17, 15) is 0 Å². The number of aliphatic hydroxyl groups is 1. The molecule has 0 heterocycles. The summed E-state index contributed by atoms with van der Waals surface area (Å²) in [4.78, 5) is 2.36. The summed E-state index contributed by atoms with van der Waals surface area (Å²) in [5, 5.41) is 8.94. The molecule has 0 aliphatic heterocycles. The van der Waals surface area contributed by atoms with Crippen LogP contribution in [0.25, 0.3) is 0 Å². The van der Waals surface area contributed by atoms with Crippen LogP contribution < -0.4 is 0 Å². The molecule has 2 nitrogen and oxygen atoms in total. The molecule has 1 N–H and O–H groups in total. The van der Waals surface area contributed by atoms with Crippen molar-refractivity contribution < 1.29 is 5.11 Å². The fraction of sp³-hybridized carbons (Fsp3) is 1.00. The average Bonchev–Trinajstić information content (AvgIpc) is 2.19. The van der Waals surface area contributed by atoms with Crippen LogP contribution in [-0.4, -0.2) is 36.2 Å². The third-order valence-electron chi connectivity index (χ3n) is 3.55. The highest BCUT2D eigenvalue weighted by molar-refractivity contribution is 4.81. The molecule has 2 atom stereocenters. The summed E-state index contributed by atoms with van der Waals surface area (Å²) in [6.45, 7) is 3.41. The first-order chi connectivity index (χ1) is 6.79. The van der Waals surface area contributed by atoms with Crippen molar-refractivity contribution in [2.45, 2.75) is 51.5 Å². The Bertz CT molecular complexity index is 147. The summed E-state index contributed by atoms with van der Waals surface area (Å²) in [6.07, 6.45) is 8.18. The monoisotopic (exact) mass is 199 g/mol. The van der Waals surface area contributed by atoms with Crippen molar-refractivity contribution in [1.29, 1.82) is 0 Å². The minimum absolute atomic E-state index is 0.297. The van der Waals surface area contributed by atoms with Crippen LogP contribution in [0.3, 0.4) is 0 Å². The lowest BCUT2D eigenvalue weighted by molar-refractivity contribution is 0.103. The predicted octanol–water partition coefficient (Wildman–Crippen LogP) is 2.27. The summed E-state index contributed by atoms with van der Waals surface area (Å²) in [5.41, 5.74) is 0. The van der Waals surface area contributed by atoms with Gasteiger partial charge in [-0.15, -0.1) is 0 Å². The van der Waals surface area contributed by atoms with E-state index in [1.807, 2.05) is 0 Å². The second-order valence-corrected chi connectivity index (χ2v) is 4.60. The van der Waals surface area contributed by atoms with E-state index in [0.29, 0.717) is 6.61 Å². The van der Waals surface area contributed by atoms with Crippen molar-refractivity contribution in [2.24, 2.45) is 5.92 Å². The summed E-state index contributed by atoms with van der Waals surface area (Å²) in [7, 11) is 2.16. The molecule has 0 aromatic carbocycles. The van der Waals surface area contributed by atoms with Crippen LogP contribution in [0.5, 0.6) is 0 Å². The zero-order valence-electron chi connectivity index (χ0n) is 9.71. The lowest BCUT2D eigenvalue weighted by Crippen LogP contribution is -2.41. The summed E-state index contributed by atoms with van der Waals surface area (Å²) in [5.74, 6) is 0.880. The lowest BCUT2D eigenvalue weighted by Gasteiger charge is -2.37. The van der Waals surface area contributed by atoms with E-state index in [1.165, 1.54) is 38.5 Å². The minimum atomic E-state index is 0.297. The second-order valence-electron chi connectivity index (χ2n) is 4.60. The van der Waals surface area contributed by atoms with E-state index in [0.717, 1.165) is 18.5 Å². The van der Waals surface area contributed by atoms with Gasteiger partial charge in [0.15, 0.2) is 0 Å². The number of rotatable bonds is 5. The number of likely N-dealkylation sites (N-methyl/N-ethyl adjacent to an activating group) is 1. The first-order valence-electron chi connectivity index (χ1n) is 6.10. The maximum absolute atomic E-state index is 8.94. The second kappa shape index (κ2) is 6.41. The SMILES string of the molecule is CCCC1CCCCC1N(C)CCO. The normalized spacial score (nSPS) is 28.3. The van der Waals surface area contributed by atoms with Gasteiger partial charge in [-0.3, -0.25) is 0 Å². The van der Waals surface area contributed by atoms with E-state index >= 15 is 0 Å². The topological polar surface area (TPSA) is 23.5 Å². The molecule has 1 rings (SSSR count). The van der Waals surface area contributed by atoms with Gasteiger partial charge in [0.1, 0.15) is 0 Å². The highest BCUT2D eigenvalue weighted by atomic mass is 16.3. The minimum Gasteiger partial charge on any atom is -0.395 e. The van der Waals surface area contributed by atoms with Crippen molar-refractivity contribution >= 4 is 0 Å². The molecular formula is C12H25NO. The van der Waals surface area contributed by atoms with Gasteiger partial charge in [0, 0.05) is 12.6 Å². The van der Waals surface area contributed by atoms with Gasteiger partial charge in [-0.25, -0.2) is 0 Å². The zero-order valence-corrected chi connectivity index (χ0v) is 9.71. The van der Waals surface area contributed by atoms with Crippen LogP contribution in [0.15, 0.2) is 0 Å². The van der Waals surface area contributed by atoms with Crippen LogP contribution in [0.1, 0.15) is 45.4 Å². The molecule has 0 amide bonds. The molecule has 1 fully saturated rings. The van der Waals surface area contributed by atoms with Gasteiger partial charge in [-0.1, -0.05) is 26.2 Å².